The van der Waals surface area contributed by atoms with E-state index < -0.39 is 0 Å². The SMILES string of the molecule is C.C.C.C.C.C.O.O.O.S.S.S.[O]=[Ca].[O]=[Fe].[O]=[Zn].[S]=[Ca].[S]=[Fe].[S]=[Zn]. The van der Waals surface area contributed by atoms with Crippen LogP contribution in [-0.4, -0.2) is 85.6 Å². The second-order valence-corrected chi connectivity index (χ2v) is 0. The molecule has 0 fully saturated rings. The maximum atomic E-state index is 8.38. The Bertz CT molecular complexity index is 73.0. The summed E-state index contributed by atoms with van der Waals surface area (Å²) in [5.74, 6) is 0. The van der Waals surface area contributed by atoms with E-state index in [9.17, 15) is 0 Å². The summed E-state index contributed by atoms with van der Waals surface area (Å²) in [6.45, 7) is 4.21. The van der Waals surface area contributed by atoms with Crippen LogP contribution in [0.1, 0.15) is 44.6 Å². The van der Waals surface area contributed by atoms with Gasteiger partial charge in [0.25, 0.3) is 0 Å². The Labute approximate surface area is 266 Å². The van der Waals surface area contributed by atoms with Crippen molar-refractivity contribution >= 4 is 137 Å². The molecule has 0 rings (SSSR count). The molecule has 0 spiro atoms. The number of hydrogen-bond donors (Lipinski definition) is 0. The average Bonchev–Trinajstić information content (AvgIpc) is 2.33. The predicted molar refractivity (Wildman–Crippen MR) is 119 cm³/mol. The fraction of sp³-hybridized carbons (Fsp3) is 1.00. The van der Waals surface area contributed by atoms with Crippen molar-refractivity contribution in [2.24, 2.45) is 0 Å². The van der Waals surface area contributed by atoms with Crippen LogP contribution in [0.2, 0.25) is 0 Å². The van der Waals surface area contributed by atoms with E-state index in [0.717, 1.165) is 49.9 Å². The quantitative estimate of drug-likeness (QED) is 0.352. The molecule has 0 saturated heterocycles. The summed E-state index contributed by atoms with van der Waals surface area (Å²) in [6.07, 6.45) is 0. The van der Waals surface area contributed by atoms with Gasteiger partial charge in [-0.2, -0.15) is 40.5 Å². The fourth-order valence-corrected chi connectivity index (χ4v) is 0. The van der Waals surface area contributed by atoms with Crippen LogP contribution in [0.15, 0.2) is 0 Å². The zero-order valence-corrected chi connectivity index (χ0v) is 27.0. The first-order chi connectivity index (χ1) is 6.00. The van der Waals surface area contributed by atoms with E-state index in [1.54, 1.807) is 0 Å². The zero-order chi connectivity index (χ0) is 12.0. The van der Waals surface area contributed by atoms with E-state index in [1.165, 1.54) is 0 Å². The molecule has 0 atom stereocenters. The molecule has 0 bridgehead atoms. The second-order valence-electron chi connectivity index (χ2n) is 0. The monoisotopic (exact) mass is 716 g/mol. The van der Waals surface area contributed by atoms with E-state index in [1.807, 2.05) is 15.9 Å². The summed E-state index contributed by atoms with van der Waals surface area (Å²) in [4.78, 5) is 0. The minimum atomic E-state index is 0. The summed E-state index contributed by atoms with van der Waals surface area (Å²) in [6, 6.07) is 0. The van der Waals surface area contributed by atoms with E-state index in [0.29, 0.717) is 0 Å². The number of hydrogen-bond acceptors (Lipinski definition) is 6. The van der Waals surface area contributed by atoms with Gasteiger partial charge < -0.3 is 16.4 Å². The molecule has 0 aliphatic rings. The molecule has 0 aromatic heterocycles. The van der Waals surface area contributed by atoms with Gasteiger partial charge in [-0.1, -0.05) is 44.6 Å². The standard InChI is InChI=1S/6CH4.2Ca.2Fe.3H2O.3O.3H2S.3S.2Zn/h6*1H4;;;;;3*1H2;;;;3*1H2;;;;;. The molecule has 24 heavy (non-hydrogen) atoms. The summed E-state index contributed by atoms with van der Waals surface area (Å²) >= 11 is 7.00. The van der Waals surface area contributed by atoms with Crippen LogP contribution in [0.25, 0.3) is 0 Å². The molecule has 0 amide bonds. The Morgan fingerprint density at radius 3 is 0.583 bits per heavy atom. The van der Waals surface area contributed by atoms with Crippen LogP contribution in [-0.2, 0) is 74.0 Å². The van der Waals surface area contributed by atoms with E-state index in [4.69, 9.17) is 8.84 Å². The Balaban J connectivity index is -0.00000000102. The molecule has 0 unspecified atom stereocenters. The van der Waals surface area contributed by atoms with Gasteiger partial charge in [0.2, 0.25) is 0 Å². The summed E-state index contributed by atoms with van der Waals surface area (Å²) in [5.41, 5.74) is 0. The van der Waals surface area contributed by atoms with Crippen molar-refractivity contribution in [1.82, 2.24) is 0 Å². The normalized spacial score (nSPS) is 1.42. The van der Waals surface area contributed by atoms with Crippen LogP contribution in [0, 0.1) is 0 Å². The first kappa shape index (κ1) is 178. The van der Waals surface area contributed by atoms with Gasteiger partial charge in [0.1, 0.15) is 0 Å². The van der Waals surface area contributed by atoms with Crippen molar-refractivity contribution in [3.63, 3.8) is 0 Å². The molecule has 0 aromatic carbocycles. The topological polar surface area (TPSA) is 146 Å². The van der Waals surface area contributed by atoms with Crippen LogP contribution in [0.5, 0.6) is 0 Å². The summed E-state index contributed by atoms with van der Waals surface area (Å²) < 4.78 is 24.8. The third kappa shape index (κ3) is 594. The van der Waals surface area contributed by atoms with Crippen LogP contribution in [0.3, 0.4) is 0 Å². The molecule has 0 aromatic rings. The van der Waals surface area contributed by atoms with Gasteiger partial charge in [-0.3, -0.25) is 0 Å². The van der Waals surface area contributed by atoms with Gasteiger partial charge in [0.15, 0.2) is 0 Å². The van der Waals surface area contributed by atoms with E-state index in [-0.39, 0.29) is 156 Å². The molecule has 18 heteroatoms. The third-order valence-electron chi connectivity index (χ3n) is 0. The third-order valence-corrected chi connectivity index (χ3v) is 0. The van der Waals surface area contributed by atoms with Crippen molar-refractivity contribution in [2.45, 2.75) is 44.6 Å². The molecular weight excluding hydrogens is 683 g/mol. The van der Waals surface area contributed by atoms with Crippen LogP contribution in [0.4, 0.5) is 0 Å². The summed E-state index contributed by atoms with van der Waals surface area (Å²) in [7, 11) is 8.04. The average molecular weight is 719 g/mol. The van der Waals surface area contributed by atoms with Gasteiger partial charge in [-0.05, 0) is 0 Å². The molecule has 156 valence electrons. The molecule has 0 heterocycles. The molecule has 0 radical (unpaired) electrons. The zero-order valence-electron chi connectivity index (χ0n) is 8.99. The van der Waals surface area contributed by atoms with Gasteiger partial charge in [0, 0.05) is 0 Å². The van der Waals surface area contributed by atoms with Crippen molar-refractivity contribution < 1.29 is 90.4 Å². The van der Waals surface area contributed by atoms with Gasteiger partial charge >= 0.3 is 170 Å². The van der Waals surface area contributed by atoms with Crippen molar-refractivity contribution in [3.05, 3.63) is 0 Å². The minimum absolute atomic E-state index is 0. The van der Waals surface area contributed by atoms with Gasteiger partial charge in [0.05, 0.1) is 0 Å². The van der Waals surface area contributed by atoms with E-state index in [2.05, 4.69) is 41.7 Å². The Morgan fingerprint density at radius 2 is 0.583 bits per heavy atom. The van der Waals surface area contributed by atoms with Crippen molar-refractivity contribution in [1.29, 1.82) is 0 Å². The Kier molecular flexibility index (Phi) is 4900. The first-order valence-corrected chi connectivity index (χ1v) is 13.1. The van der Waals surface area contributed by atoms with Gasteiger partial charge in [-0.15, -0.1) is 0 Å². The Morgan fingerprint density at radius 1 is 0.583 bits per heavy atom. The molecule has 0 aliphatic carbocycles. The summed E-state index contributed by atoms with van der Waals surface area (Å²) in [5, 5.41) is 0. The van der Waals surface area contributed by atoms with Crippen molar-refractivity contribution in [3.8, 4) is 0 Å². The first-order valence-electron chi connectivity index (χ1n) is 1.44. The maximum absolute atomic E-state index is 8.38. The number of rotatable bonds is 0. The fourth-order valence-electron chi connectivity index (χ4n) is 0. The second kappa shape index (κ2) is 662. The molecule has 6 N–H and O–H groups in total. The van der Waals surface area contributed by atoms with Gasteiger partial charge in [-0.25, -0.2) is 0 Å². The van der Waals surface area contributed by atoms with Crippen LogP contribution < -0.4 is 0 Å². The van der Waals surface area contributed by atoms with E-state index >= 15 is 0 Å². The van der Waals surface area contributed by atoms with Crippen LogP contribution >= 0.6 is 67.8 Å². The van der Waals surface area contributed by atoms with Crippen molar-refractivity contribution in [2.75, 3.05) is 0 Å². The molecule has 0 aliphatic heterocycles. The Hall–Kier alpha value is 5.80. The molecule has 6 nitrogen and oxygen atoms in total. The molecule has 0 saturated carbocycles. The molecular formula is C6H36Ca2Fe2O6S6Zn2. The predicted octanol–water partition coefficient (Wildman–Crippen LogP) is 2.50.